The predicted octanol–water partition coefficient (Wildman–Crippen LogP) is 0.738. The monoisotopic (exact) mass is 355 g/mol. The Morgan fingerprint density at radius 3 is 2.91 bits per heavy atom. The first-order valence-electron chi connectivity index (χ1n) is 7.02. The molecule has 1 N–H and O–H groups in total. The van der Waals surface area contributed by atoms with Crippen LogP contribution in [0.1, 0.15) is 5.69 Å². The number of thioether (sulfide) groups is 1. The minimum atomic E-state index is -0.531. The molecule has 2 aliphatic heterocycles. The van der Waals surface area contributed by atoms with Crippen molar-refractivity contribution >= 4 is 40.2 Å². The van der Waals surface area contributed by atoms with Gasteiger partial charge in [-0.3, -0.25) is 10.1 Å². The zero-order valence-corrected chi connectivity index (χ0v) is 14.6. The number of ether oxygens (including phenoxy) is 1. The van der Waals surface area contributed by atoms with E-state index in [0.717, 1.165) is 10.0 Å². The molecule has 0 aromatic carbocycles. The van der Waals surface area contributed by atoms with Crippen LogP contribution in [0.2, 0.25) is 0 Å². The lowest BCUT2D eigenvalue weighted by molar-refractivity contribution is -0.127. The van der Waals surface area contributed by atoms with Gasteiger partial charge in [-0.15, -0.1) is 11.3 Å². The Kier molecular flexibility index (Phi) is 4.55. The highest BCUT2D eigenvalue weighted by molar-refractivity contribution is 8.15. The number of urea groups is 1. The molecule has 10 heteroatoms. The van der Waals surface area contributed by atoms with Gasteiger partial charge in [-0.25, -0.2) is 14.8 Å². The van der Waals surface area contributed by atoms with Gasteiger partial charge < -0.3 is 14.5 Å². The SMILES string of the molecule is COCCN1C(Sc2nc(C)cs2)=NC2C1C(=O)NC(=O)N2C. The molecule has 2 aliphatic rings. The van der Waals surface area contributed by atoms with Gasteiger partial charge in [0.1, 0.15) is 0 Å². The zero-order chi connectivity index (χ0) is 16.6. The van der Waals surface area contributed by atoms with Crippen molar-refractivity contribution in [1.82, 2.24) is 20.1 Å². The Morgan fingerprint density at radius 1 is 1.48 bits per heavy atom. The van der Waals surface area contributed by atoms with Crippen LogP contribution in [0.15, 0.2) is 14.7 Å². The first-order valence-corrected chi connectivity index (χ1v) is 8.72. The topological polar surface area (TPSA) is 87.1 Å². The molecule has 1 aromatic heterocycles. The number of hydrogen-bond acceptors (Lipinski definition) is 8. The zero-order valence-electron chi connectivity index (χ0n) is 13.0. The normalized spacial score (nSPS) is 23.9. The van der Waals surface area contributed by atoms with Crippen LogP contribution in [0.3, 0.4) is 0 Å². The number of nitrogens with one attached hydrogen (secondary N) is 1. The molecule has 2 atom stereocenters. The quantitative estimate of drug-likeness (QED) is 0.857. The van der Waals surface area contributed by atoms with E-state index in [2.05, 4.69) is 15.3 Å². The summed E-state index contributed by atoms with van der Waals surface area (Å²) in [5, 5.41) is 5.01. The highest BCUT2D eigenvalue weighted by atomic mass is 32.2. The van der Waals surface area contributed by atoms with E-state index in [-0.39, 0.29) is 5.91 Å². The van der Waals surface area contributed by atoms with E-state index >= 15 is 0 Å². The molecule has 0 radical (unpaired) electrons. The van der Waals surface area contributed by atoms with Gasteiger partial charge in [0.2, 0.25) is 0 Å². The first kappa shape index (κ1) is 16.2. The van der Waals surface area contributed by atoms with Crippen LogP contribution in [0.5, 0.6) is 0 Å². The summed E-state index contributed by atoms with van der Waals surface area (Å²) in [6, 6.07) is -0.959. The lowest BCUT2D eigenvalue weighted by atomic mass is 10.1. The predicted molar refractivity (Wildman–Crippen MR) is 87.6 cm³/mol. The van der Waals surface area contributed by atoms with E-state index in [9.17, 15) is 9.59 Å². The van der Waals surface area contributed by atoms with Crippen molar-refractivity contribution in [3.63, 3.8) is 0 Å². The minimum Gasteiger partial charge on any atom is -0.383 e. The number of rotatable bonds is 4. The Hall–Kier alpha value is -1.65. The number of carbonyl (C=O) groups excluding carboxylic acids is 2. The number of likely N-dealkylation sites (N-methyl/N-ethyl adjacent to an activating group) is 1. The molecule has 3 amide bonds. The second kappa shape index (κ2) is 6.46. The molecule has 2 unspecified atom stereocenters. The number of amides is 3. The van der Waals surface area contributed by atoms with Crippen LogP contribution in [0, 0.1) is 6.92 Å². The molecule has 1 aromatic rings. The summed E-state index contributed by atoms with van der Waals surface area (Å²) in [5.41, 5.74) is 0.946. The second-order valence-corrected chi connectivity index (χ2v) is 7.29. The van der Waals surface area contributed by atoms with E-state index < -0.39 is 18.2 Å². The maximum atomic E-state index is 12.3. The average molecular weight is 355 g/mol. The van der Waals surface area contributed by atoms with E-state index in [1.165, 1.54) is 28.0 Å². The molecule has 3 rings (SSSR count). The Balaban J connectivity index is 1.88. The molecule has 23 heavy (non-hydrogen) atoms. The molecule has 0 aliphatic carbocycles. The van der Waals surface area contributed by atoms with Crippen molar-refractivity contribution in [2.24, 2.45) is 4.99 Å². The molecular formula is C13H17N5O3S2. The van der Waals surface area contributed by atoms with Crippen LogP contribution in [0.4, 0.5) is 4.79 Å². The summed E-state index contributed by atoms with van der Waals surface area (Å²) < 4.78 is 6.00. The molecule has 0 spiro atoms. The van der Waals surface area contributed by atoms with Crippen molar-refractivity contribution in [2.75, 3.05) is 27.3 Å². The second-order valence-electron chi connectivity index (χ2n) is 5.22. The average Bonchev–Trinajstić information content (AvgIpc) is 3.07. The number of methoxy groups -OCH3 is 1. The van der Waals surface area contributed by atoms with Gasteiger partial charge in [0.25, 0.3) is 5.91 Å². The lowest BCUT2D eigenvalue weighted by Crippen LogP contribution is -2.63. The maximum absolute atomic E-state index is 12.3. The fourth-order valence-electron chi connectivity index (χ4n) is 2.47. The number of aromatic nitrogens is 1. The third kappa shape index (κ3) is 3.06. The Bertz CT molecular complexity index is 662. The largest absolute Gasteiger partial charge is 0.383 e. The number of thiazole rings is 1. The van der Waals surface area contributed by atoms with Crippen LogP contribution >= 0.6 is 23.1 Å². The van der Waals surface area contributed by atoms with Crippen LogP contribution in [0.25, 0.3) is 0 Å². The molecule has 124 valence electrons. The molecule has 8 nitrogen and oxygen atoms in total. The van der Waals surface area contributed by atoms with Crippen LogP contribution in [-0.4, -0.2) is 71.4 Å². The first-order chi connectivity index (χ1) is 11.0. The summed E-state index contributed by atoms with van der Waals surface area (Å²) in [6.45, 7) is 2.91. The van der Waals surface area contributed by atoms with Gasteiger partial charge in [0.15, 0.2) is 21.7 Å². The van der Waals surface area contributed by atoms with E-state index in [1.54, 1.807) is 14.2 Å². The van der Waals surface area contributed by atoms with Gasteiger partial charge in [0.05, 0.1) is 6.61 Å². The van der Waals surface area contributed by atoms with Gasteiger partial charge >= 0.3 is 6.03 Å². The molecule has 1 saturated heterocycles. The van der Waals surface area contributed by atoms with Crippen molar-refractivity contribution in [2.45, 2.75) is 23.5 Å². The highest BCUT2D eigenvalue weighted by Gasteiger charge is 2.48. The number of imide groups is 1. The number of amidine groups is 1. The van der Waals surface area contributed by atoms with Crippen molar-refractivity contribution < 1.29 is 14.3 Å². The summed E-state index contributed by atoms with van der Waals surface area (Å²) in [7, 11) is 3.25. The highest BCUT2D eigenvalue weighted by Crippen LogP contribution is 2.33. The van der Waals surface area contributed by atoms with E-state index in [0.29, 0.717) is 18.3 Å². The third-order valence-corrected chi connectivity index (χ3v) is 5.71. The lowest BCUT2D eigenvalue weighted by Gasteiger charge is -2.36. The number of nitrogens with zero attached hydrogens (tertiary/aromatic N) is 4. The molecule has 0 bridgehead atoms. The summed E-state index contributed by atoms with van der Waals surface area (Å²) in [6.07, 6.45) is -0.517. The number of aryl methyl sites for hydroxylation is 1. The smallest absolute Gasteiger partial charge is 0.325 e. The summed E-state index contributed by atoms with van der Waals surface area (Å²) in [5.74, 6) is -0.330. The number of carbonyl (C=O) groups is 2. The van der Waals surface area contributed by atoms with Gasteiger partial charge in [0, 0.05) is 31.8 Å². The van der Waals surface area contributed by atoms with Crippen molar-refractivity contribution in [3.05, 3.63) is 11.1 Å². The molecule has 1 fully saturated rings. The summed E-state index contributed by atoms with van der Waals surface area (Å²) in [4.78, 5) is 36.4. The van der Waals surface area contributed by atoms with Gasteiger partial charge in [-0.1, -0.05) is 0 Å². The Labute approximate surface area is 141 Å². The van der Waals surface area contributed by atoms with Gasteiger partial charge in [-0.05, 0) is 18.7 Å². The van der Waals surface area contributed by atoms with Crippen molar-refractivity contribution in [1.29, 1.82) is 0 Å². The molecular weight excluding hydrogens is 338 g/mol. The Morgan fingerprint density at radius 2 is 2.26 bits per heavy atom. The third-order valence-electron chi connectivity index (χ3n) is 3.64. The van der Waals surface area contributed by atoms with E-state index in [4.69, 9.17) is 4.74 Å². The molecule has 3 heterocycles. The van der Waals surface area contributed by atoms with Gasteiger partial charge in [-0.2, -0.15) is 0 Å². The molecule has 0 saturated carbocycles. The number of hydrogen-bond donors (Lipinski definition) is 1. The fraction of sp³-hybridized carbons (Fsp3) is 0.538. The summed E-state index contributed by atoms with van der Waals surface area (Å²) >= 11 is 2.94. The van der Waals surface area contributed by atoms with Crippen LogP contribution < -0.4 is 5.32 Å². The maximum Gasteiger partial charge on any atom is 0.325 e. The van der Waals surface area contributed by atoms with Crippen LogP contribution in [-0.2, 0) is 9.53 Å². The number of fused-ring (bicyclic) bond motifs is 1. The van der Waals surface area contributed by atoms with Crippen molar-refractivity contribution in [3.8, 4) is 0 Å². The standard InChI is InChI=1S/C13H17N5O3S2/c1-7-6-22-13(14-7)23-12-15-9-8(18(12)4-5-21-3)10(19)16-11(20)17(9)2/h6,8-9H,4-5H2,1-3H3,(H,16,19,20). The number of aliphatic imine (C=N–C) groups is 1. The fourth-order valence-corrected chi connectivity index (χ4v) is 4.38. The minimum absolute atomic E-state index is 0.330. The van der Waals surface area contributed by atoms with E-state index in [1.807, 2.05) is 17.2 Å².